The molecule has 0 aromatic rings. The van der Waals surface area contributed by atoms with Crippen LogP contribution in [0.5, 0.6) is 0 Å². The van der Waals surface area contributed by atoms with Gasteiger partial charge in [0.2, 0.25) is 5.91 Å². The highest BCUT2D eigenvalue weighted by Crippen LogP contribution is 2.26. The quantitative estimate of drug-likeness (QED) is 0.0196. The van der Waals surface area contributed by atoms with Gasteiger partial charge in [0.25, 0.3) is 0 Å². The zero-order valence-electron chi connectivity index (χ0n) is 44.6. The molecule has 11 nitrogen and oxygen atoms in total. The van der Waals surface area contributed by atoms with E-state index in [4.69, 9.17) is 14.2 Å². The second-order valence-electron chi connectivity index (χ2n) is 19.6. The lowest BCUT2D eigenvalue weighted by molar-refractivity contribution is -0.305. The fourth-order valence-corrected chi connectivity index (χ4v) is 8.60. The van der Waals surface area contributed by atoms with Crippen molar-refractivity contribution in [1.82, 2.24) is 5.32 Å². The predicted octanol–water partition coefficient (Wildman–Crippen LogP) is 12.7. The number of aliphatic hydroxyl groups is 5. The van der Waals surface area contributed by atoms with E-state index in [0.717, 1.165) is 89.9 Å². The normalized spacial score (nSPS) is 20.1. The van der Waals surface area contributed by atoms with E-state index >= 15 is 0 Å². The van der Waals surface area contributed by atoms with Crippen LogP contribution in [-0.4, -0.2) is 99.6 Å². The molecular formula is C59H105NO10. The molecule has 0 aliphatic carbocycles. The van der Waals surface area contributed by atoms with E-state index < -0.39 is 67.4 Å². The minimum absolute atomic E-state index is 0.115. The smallest absolute Gasteiger partial charge is 0.306 e. The van der Waals surface area contributed by atoms with Gasteiger partial charge in [0.1, 0.15) is 24.4 Å². The molecule has 0 saturated carbocycles. The zero-order chi connectivity index (χ0) is 51.1. The van der Waals surface area contributed by atoms with Crippen molar-refractivity contribution in [3.05, 3.63) is 60.8 Å². The zero-order valence-corrected chi connectivity index (χ0v) is 44.6. The maximum atomic E-state index is 13.3. The number of allylic oxidation sites excluding steroid dienone is 9. The Balaban J connectivity index is 2.76. The lowest BCUT2D eigenvalue weighted by atomic mass is 9.99. The van der Waals surface area contributed by atoms with Gasteiger partial charge in [-0.05, 0) is 83.5 Å². The van der Waals surface area contributed by atoms with Crippen molar-refractivity contribution in [3.8, 4) is 0 Å². The number of esters is 1. The van der Waals surface area contributed by atoms with Gasteiger partial charge < -0.3 is 45.1 Å². The molecule has 8 unspecified atom stereocenters. The van der Waals surface area contributed by atoms with Gasteiger partial charge in [0.15, 0.2) is 12.4 Å². The van der Waals surface area contributed by atoms with E-state index in [1.165, 1.54) is 103 Å². The molecule has 1 amide bonds. The Bertz CT molecular complexity index is 1370. The number of hydrogen-bond donors (Lipinski definition) is 6. The fourth-order valence-electron chi connectivity index (χ4n) is 8.60. The third kappa shape index (κ3) is 35.5. The first-order chi connectivity index (χ1) is 34.2. The Labute approximate surface area is 427 Å². The third-order valence-electron chi connectivity index (χ3n) is 13.2. The Kier molecular flexibility index (Phi) is 44.2. The molecule has 406 valence electrons. The van der Waals surface area contributed by atoms with Crippen LogP contribution in [0.15, 0.2) is 60.8 Å². The average Bonchev–Trinajstić information content (AvgIpc) is 3.36. The van der Waals surface area contributed by atoms with E-state index in [2.05, 4.69) is 74.7 Å². The van der Waals surface area contributed by atoms with E-state index in [-0.39, 0.29) is 19.4 Å². The summed E-state index contributed by atoms with van der Waals surface area (Å²) in [7, 11) is 0. The number of ether oxygens (including phenoxy) is 3. The van der Waals surface area contributed by atoms with E-state index in [9.17, 15) is 35.1 Å². The molecule has 8 atom stereocenters. The Hall–Kier alpha value is -2.64. The van der Waals surface area contributed by atoms with Gasteiger partial charge in [-0.2, -0.15) is 0 Å². The van der Waals surface area contributed by atoms with Crippen molar-refractivity contribution in [1.29, 1.82) is 0 Å². The van der Waals surface area contributed by atoms with E-state index in [1.54, 1.807) is 6.08 Å². The van der Waals surface area contributed by atoms with Crippen LogP contribution in [0.3, 0.4) is 0 Å². The highest BCUT2D eigenvalue weighted by Gasteiger charge is 2.47. The van der Waals surface area contributed by atoms with Crippen molar-refractivity contribution in [2.75, 3.05) is 13.2 Å². The molecule has 1 aliphatic rings. The SMILES string of the molecule is CC/C=C/C/C=C/C/C=C/CCCCCC(O)C(=O)NC(COC1OC(CO)C(O)C(O)C1OC(=O)CCCCCCCCC/C=C\CCCCCC)C(O)/C=C/CCCCCCCCCCCCC. The van der Waals surface area contributed by atoms with E-state index in [0.29, 0.717) is 12.8 Å². The molecule has 11 heteroatoms. The summed E-state index contributed by atoms with van der Waals surface area (Å²) in [5.41, 5.74) is 0. The summed E-state index contributed by atoms with van der Waals surface area (Å²) < 4.78 is 17.6. The number of amides is 1. The van der Waals surface area contributed by atoms with Crippen LogP contribution in [0.4, 0.5) is 0 Å². The molecule has 0 spiro atoms. The van der Waals surface area contributed by atoms with Crippen LogP contribution in [0.2, 0.25) is 0 Å². The maximum Gasteiger partial charge on any atom is 0.306 e. The van der Waals surface area contributed by atoms with Crippen LogP contribution >= 0.6 is 0 Å². The standard InChI is InChI=1S/C59H105NO10/c1-4-7-10-13-16-19-22-25-26-29-32-35-38-41-44-47-54(64)70-57-56(66)55(65)53(48-61)69-59(57)68-49-50(51(62)45-42-39-36-33-30-27-23-20-17-14-11-8-5-2)60-58(67)52(63)46-43-40-37-34-31-28-24-21-18-15-12-9-6-3/h9,12,18-19,21-22,28,31,42,45,50-53,55-57,59,61-63,65-66H,4-8,10-11,13-17,20,23-27,29-30,32-41,43-44,46-49H2,1-3H3,(H,60,67)/b12-9+,21-18+,22-19-,31-28+,45-42+. The predicted molar refractivity (Wildman–Crippen MR) is 287 cm³/mol. The average molecular weight is 988 g/mol. The first kappa shape index (κ1) is 65.4. The van der Waals surface area contributed by atoms with Gasteiger partial charge in [0, 0.05) is 6.42 Å². The molecule has 0 radical (unpaired) electrons. The fraction of sp³-hybridized carbons (Fsp3) is 0.797. The van der Waals surface area contributed by atoms with Crippen LogP contribution < -0.4 is 5.32 Å². The van der Waals surface area contributed by atoms with Gasteiger partial charge in [-0.1, -0.05) is 210 Å². The van der Waals surface area contributed by atoms with Gasteiger partial charge in [-0.25, -0.2) is 0 Å². The summed E-state index contributed by atoms with van der Waals surface area (Å²) in [6.07, 6.45) is 46.9. The highest BCUT2D eigenvalue weighted by molar-refractivity contribution is 5.80. The van der Waals surface area contributed by atoms with Crippen molar-refractivity contribution < 1.29 is 49.3 Å². The number of rotatable bonds is 47. The molecule has 0 bridgehead atoms. The Morgan fingerprint density at radius 3 is 1.57 bits per heavy atom. The van der Waals surface area contributed by atoms with E-state index in [1.807, 2.05) is 6.08 Å². The second-order valence-corrected chi connectivity index (χ2v) is 19.6. The summed E-state index contributed by atoms with van der Waals surface area (Å²) >= 11 is 0. The van der Waals surface area contributed by atoms with Crippen molar-refractivity contribution >= 4 is 11.9 Å². The Morgan fingerprint density at radius 2 is 1.03 bits per heavy atom. The lowest BCUT2D eigenvalue weighted by Crippen LogP contribution is -2.61. The van der Waals surface area contributed by atoms with Crippen molar-refractivity contribution in [3.63, 3.8) is 0 Å². The van der Waals surface area contributed by atoms with Crippen molar-refractivity contribution in [2.24, 2.45) is 0 Å². The second kappa shape index (κ2) is 47.4. The van der Waals surface area contributed by atoms with Crippen LogP contribution in [0.25, 0.3) is 0 Å². The van der Waals surface area contributed by atoms with Crippen molar-refractivity contribution in [2.45, 2.75) is 288 Å². The lowest BCUT2D eigenvalue weighted by Gasteiger charge is -2.41. The summed E-state index contributed by atoms with van der Waals surface area (Å²) in [6.45, 7) is 5.63. The number of nitrogens with one attached hydrogen (secondary N) is 1. The molecule has 0 aromatic heterocycles. The Morgan fingerprint density at radius 1 is 0.571 bits per heavy atom. The molecule has 1 saturated heterocycles. The van der Waals surface area contributed by atoms with Gasteiger partial charge in [0.05, 0.1) is 25.4 Å². The van der Waals surface area contributed by atoms with Gasteiger partial charge in [-0.3, -0.25) is 9.59 Å². The number of carbonyl (C=O) groups is 2. The molecular weight excluding hydrogens is 883 g/mol. The molecule has 1 heterocycles. The summed E-state index contributed by atoms with van der Waals surface area (Å²) in [6, 6.07) is -1.04. The van der Waals surface area contributed by atoms with Crippen LogP contribution in [0, 0.1) is 0 Å². The molecule has 1 rings (SSSR count). The number of hydrogen-bond acceptors (Lipinski definition) is 10. The summed E-state index contributed by atoms with van der Waals surface area (Å²) in [5, 5.41) is 56.8. The monoisotopic (exact) mass is 988 g/mol. The first-order valence-electron chi connectivity index (χ1n) is 28.6. The topological polar surface area (TPSA) is 175 Å². The minimum atomic E-state index is -1.62. The number of aliphatic hydroxyl groups excluding tert-OH is 5. The first-order valence-corrected chi connectivity index (χ1v) is 28.6. The molecule has 70 heavy (non-hydrogen) atoms. The molecule has 0 aromatic carbocycles. The molecule has 1 aliphatic heterocycles. The third-order valence-corrected chi connectivity index (χ3v) is 13.2. The summed E-state index contributed by atoms with van der Waals surface area (Å²) in [4.78, 5) is 26.4. The largest absolute Gasteiger partial charge is 0.454 e. The van der Waals surface area contributed by atoms with Gasteiger partial charge in [-0.15, -0.1) is 0 Å². The summed E-state index contributed by atoms with van der Waals surface area (Å²) in [5.74, 6) is -1.22. The number of unbranched alkanes of at least 4 members (excludes halogenated alkanes) is 25. The maximum absolute atomic E-state index is 13.3. The van der Waals surface area contributed by atoms with Crippen LogP contribution in [0.1, 0.15) is 239 Å². The molecule has 1 fully saturated rings. The number of carbonyl (C=O) groups excluding carboxylic acids is 2. The van der Waals surface area contributed by atoms with Crippen LogP contribution in [-0.2, 0) is 23.8 Å². The molecule has 6 N–H and O–H groups in total. The highest BCUT2D eigenvalue weighted by atomic mass is 16.7. The minimum Gasteiger partial charge on any atom is -0.454 e. The van der Waals surface area contributed by atoms with Gasteiger partial charge >= 0.3 is 5.97 Å².